The number of carbonyl (C=O) groups excluding carboxylic acids is 1. The molecule has 2 aromatic rings. The number of rotatable bonds is 5. The van der Waals surface area contributed by atoms with E-state index in [1.165, 1.54) is 0 Å². The molecule has 1 amide bonds. The minimum absolute atomic E-state index is 0.0307. The van der Waals surface area contributed by atoms with Gasteiger partial charge >= 0.3 is 0 Å². The van der Waals surface area contributed by atoms with E-state index < -0.39 is 0 Å². The summed E-state index contributed by atoms with van der Waals surface area (Å²) in [5.41, 5.74) is 3.87. The molecule has 0 atom stereocenters. The monoisotopic (exact) mass is 326 g/mol. The molecule has 4 nitrogen and oxygen atoms in total. The second-order valence-corrected chi connectivity index (χ2v) is 6.90. The van der Waals surface area contributed by atoms with E-state index in [0.717, 1.165) is 28.3 Å². The van der Waals surface area contributed by atoms with Crippen LogP contribution in [0.15, 0.2) is 42.5 Å². The van der Waals surface area contributed by atoms with Crippen molar-refractivity contribution in [3.05, 3.63) is 53.6 Å². The number of anilines is 2. The zero-order chi connectivity index (χ0) is 17.7. The summed E-state index contributed by atoms with van der Waals surface area (Å²) in [6.45, 7) is 8.58. The summed E-state index contributed by atoms with van der Waals surface area (Å²) in [6, 6.07) is 13.7. The Bertz CT molecular complexity index is 718. The topological polar surface area (TPSA) is 50.4 Å². The number of benzene rings is 2. The molecule has 0 unspecified atom stereocenters. The molecule has 4 heteroatoms. The quantitative estimate of drug-likeness (QED) is 0.859. The maximum Gasteiger partial charge on any atom is 0.243 e. The van der Waals surface area contributed by atoms with E-state index in [1.807, 2.05) is 49.4 Å². The second-order valence-electron chi connectivity index (χ2n) is 6.90. The zero-order valence-corrected chi connectivity index (χ0v) is 15.1. The van der Waals surface area contributed by atoms with Crippen molar-refractivity contribution in [2.75, 3.05) is 24.3 Å². The lowest BCUT2D eigenvalue weighted by Crippen LogP contribution is -2.24. The number of ether oxygens (including phenoxy) is 1. The third-order valence-corrected chi connectivity index (χ3v) is 3.80. The predicted molar refractivity (Wildman–Crippen MR) is 100.0 cm³/mol. The van der Waals surface area contributed by atoms with E-state index in [2.05, 4.69) is 31.4 Å². The Hall–Kier alpha value is -2.49. The molecule has 0 fully saturated rings. The van der Waals surface area contributed by atoms with Crippen molar-refractivity contribution in [3.8, 4) is 5.75 Å². The molecule has 0 spiro atoms. The lowest BCUT2D eigenvalue weighted by atomic mass is 9.86. The molecular formula is C20H26N2O2. The smallest absolute Gasteiger partial charge is 0.243 e. The summed E-state index contributed by atoms with van der Waals surface area (Å²) in [6.07, 6.45) is 0. The maximum atomic E-state index is 12.3. The van der Waals surface area contributed by atoms with Gasteiger partial charge in [0.15, 0.2) is 0 Å². The van der Waals surface area contributed by atoms with E-state index in [0.29, 0.717) is 0 Å². The largest absolute Gasteiger partial charge is 0.495 e. The van der Waals surface area contributed by atoms with Crippen LogP contribution in [-0.4, -0.2) is 19.6 Å². The molecule has 2 N–H and O–H groups in total. The molecule has 2 rings (SSSR count). The van der Waals surface area contributed by atoms with E-state index in [-0.39, 0.29) is 17.9 Å². The van der Waals surface area contributed by atoms with Crippen molar-refractivity contribution in [1.82, 2.24) is 0 Å². The minimum Gasteiger partial charge on any atom is -0.495 e. The average Bonchev–Trinajstić information content (AvgIpc) is 2.52. The zero-order valence-electron chi connectivity index (χ0n) is 15.1. The van der Waals surface area contributed by atoms with Crippen LogP contribution in [-0.2, 0) is 10.2 Å². The number of aryl methyl sites for hydroxylation is 1. The molecule has 0 heterocycles. The molecule has 0 aliphatic carbocycles. The first-order valence-electron chi connectivity index (χ1n) is 8.09. The molecule has 2 aromatic carbocycles. The third kappa shape index (κ3) is 4.51. The molecule has 0 aromatic heterocycles. The van der Waals surface area contributed by atoms with Gasteiger partial charge in [0.2, 0.25) is 5.91 Å². The maximum absolute atomic E-state index is 12.3. The van der Waals surface area contributed by atoms with Crippen molar-refractivity contribution in [2.45, 2.75) is 33.1 Å². The highest BCUT2D eigenvalue weighted by Crippen LogP contribution is 2.29. The normalized spacial score (nSPS) is 11.0. The Morgan fingerprint density at radius 2 is 1.79 bits per heavy atom. The Balaban J connectivity index is 2.06. The summed E-state index contributed by atoms with van der Waals surface area (Å²) in [5, 5.41) is 6.14. The molecular weight excluding hydrogens is 300 g/mol. The fourth-order valence-corrected chi connectivity index (χ4v) is 2.58. The van der Waals surface area contributed by atoms with Crippen LogP contribution in [0.1, 0.15) is 31.9 Å². The van der Waals surface area contributed by atoms with Gasteiger partial charge in [-0.2, -0.15) is 0 Å². The fraction of sp³-hybridized carbons (Fsp3) is 0.350. The van der Waals surface area contributed by atoms with Crippen LogP contribution in [0.5, 0.6) is 5.75 Å². The van der Waals surface area contributed by atoms with Crippen molar-refractivity contribution >= 4 is 17.3 Å². The molecule has 24 heavy (non-hydrogen) atoms. The summed E-state index contributed by atoms with van der Waals surface area (Å²) in [7, 11) is 1.62. The van der Waals surface area contributed by atoms with Gasteiger partial charge in [0, 0.05) is 5.69 Å². The van der Waals surface area contributed by atoms with Crippen molar-refractivity contribution in [2.24, 2.45) is 0 Å². The van der Waals surface area contributed by atoms with Crippen LogP contribution in [0.25, 0.3) is 0 Å². The highest BCUT2D eigenvalue weighted by molar-refractivity contribution is 5.94. The van der Waals surface area contributed by atoms with Gasteiger partial charge in [-0.25, -0.2) is 0 Å². The first-order valence-corrected chi connectivity index (χ1v) is 8.09. The molecule has 0 bridgehead atoms. The Labute approximate surface area is 144 Å². The molecule has 0 aliphatic rings. The Kier molecular flexibility index (Phi) is 5.50. The van der Waals surface area contributed by atoms with E-state index in [1.54, 1.807) is 7.11 Å². The van der Waals surface area contributed by atoms with E-state index in [9.17, 15) is 4.79 Å². The number of nitrogens with one attached hydrogen (secondary N) is 2. The second kappa shape index (κ2) is 7.39. The number of amides is 1. The molecule has 128 valence electrons. The first-order chi connectivity index (χ1) is 11.3. The minimum atomic E-state index is -0.0877. The number of hydrogen-bond acceptors (Lipinski definition) is 3. The fourth-order valence-electron chi connectivity index (χ4n) is 2.58. The standard InChI is InChI=1S/C20H26N2O2/c1-14-10-11-18(24-5)17(12-14)21-13-19(23)22-16-9-7-6-8-15(16)20(2,3)4/h6-12,21H,13H2,1-5H3,(H,22,23). The van der Waals surface area contributed by atoms with Crippen molar-refractivity contribution in [1.29, 1.82) is 0 Å². The Morgan fingerprint density at radius 3 is 2.46 bits per heavy atom. The number of methoxy groups -OCH3 is 1. The van der Waals surface area contributed by atoms with Crippen LogP contribution < -0.4 is 15.4 Å². The van der Waals surface area contributed by atoms with Crippen LogP contribution in [0.4, 0.5) is 11.4 Å². The van der Waals surface area contributed by atoms with Crippen molar-refractivity contribution < 1.29 is 9.53 Å². The van der Waals surface area contributed by atoms with Crippen molar-refractivity contribution in [3.63, 3.8) is 0 Å². The molecule has 0 aliphatic heterocycles. The van der Waals surface area contributed by atoms with Gasteiger partial charge in [0.1, 0.15) is 5.75 Å². The highest BCUT2D eigenvalue weighted by Gasteiger charge is 2.18. The van der Waals surface area contributed by atoms with Gasteiger partial charge in [-0.05, 0) is 41.7 Å². The number of hydrogen-bond donors (Lipinski definition) is 2. The van der Waals surface area contributed by atoms with E-state index >= 15 is 0 Å². The van der Waals surface area contributed by atoms with Gasteiger partial charge in [0.05, 0.1) is 19.3 Å². The average molecular weight is 326 g/mol. The predicted octanol–water partition coefficient (Wildman–Crippen LogP) is 4.35. The lowest BCUT2D eigenvalue weighted by molar-refractivity contribution is -0.114. The Morgan fingerprint density at radius 1 is 1.08 bits per heavy atom. The summed E-state index contributed by atoms with van der Waals surface area (Å²) in [4.78, 5) is 12.3. The van der Waals surface area contributed by atoms with Gasteiger partial charge in [0.25, 0.3) is 0 Å². The van der Waals surface area contributed by atoms with Gasteiger partial charge in [-0.1, -0.05) is 45.0 Å². The van der Waals surface area contributed by atoms with Gasteiger partial charge in [-0.15, -0.1) is 0 Å². The summed E-state index contributed by atoms with van der Waals surface area (Å²) < 4.78 is 5.32. The number of para-hydroxylation sites is 1. The van der Waals surface area contributed by atoms with Crippen LogP contribution in [0.3, 0.4) is 0 Å². The molecule has 0 saturated heterocycles. The summed E-state index contributed by atoms with van der Waals surface area (Å²) in [5.74, 6) is 0.638. The van der Waals surface area contributed by atoms with E-state index in [4.69, 9.17) is 4.74 Å². The van der Waals surface area contributed by atoms with Crippen LogP contribution in [0, 0.1) is 6.92 Å². The summed E-state index contributed by atoms with van der Waals surface area (Å²) >= 11 is 0. The molecule has 0 saturated carbocycles. The van der Waals surface area contributed by atoms with Crippen LogP contribution in [0.2, 0.25) is 0 Å². The SMILES string of the molecule is COc1ccc(C)cc1NCC(=O)Nc1ccccc1C(C)(C)C. The molecule has 0 radical (unpaired) electrons. The lowest BCUT2D eigenvalue weighted by Gasteiger charge is -2.23. The van der Waals surface area contributed by atoms with Crippen LogP contribution >= 0.6 is 0 Å². The van der Waals surface area contributed by atoms with Gasteiger partial charge < -0.3 is 15.4 Å². The number of carbonyl (C=O) groups is 1. The third-order valence-electron chi connectivity index (χ3n) is 3.80. The highest BCUT2D eigenvalue weighted by atomic mass is 16.5. The van der Waals surface area contributed by atoms with Gasteiger partial charge in [-0.3, -0.25) is 4.79 Å². The first kappa shape index (κ1) is 17.9.